The van der Waals surface area contributed by atoms with Crippen LogP contribution in [0, 0.1) is 0 Å². The summed E-state index contributed by atoms with van der Waals surface area (Å²) in [6, 6.07) is 14.8. The minimum atomic E-state index is -0.181. The summed E-state index contributed by atoms with van der Waals surface area (Å²) < 4.78 is 6.68. The number of hydrogen-bond donors (Lipinski definition) is 0. The summed E-state index contributed by atoms with van der Waals surface area (Å²) in [6.07, 6.45) is 0.714. The van der Waals surface area contributed by atoms with Gasteiger partial charge in [-0.05, 0) is 23.8 Å². The molecular formula is C22H21ClN4O3S. The summed E-state index contributed by atoms with van der Waals surface area (Å²) in [6.45, 7) is 1.25. The van der Waals surface area contributed by atoms with Crippen LogP contribution >= 0.6 is 23.4 Å². The van der Waals surface area contributed by atoms with Gasteiger partial charge in [0.15, 0.2) is 5.16 Å². The Labute approximate surface area is 188 Å². The molecule has 7 nitrogen and oxygen atoms in total. The molecule has 160 valence electrons. The molecule has 2 aromatic carbocycles. The molecule has 2 heterocycles. The predicted molar refractivity (Wildman–Crippen MR) is 123 cm³/mol. The first kappa shape index (κ1) is 21.5. The molecule has 0 spiro atoms. The lowest BCUT2D eigenvalue weighted by Gasteiger charge is -2.14. The molecule has 0 bridgehead atoms. The van der Waals surface area contributed by atoms with Crippen LogP contribution in [0.1, 0.15) is 12.0 Å². The Bertz CT molecular complexity index is 1200. The highest BCUT2D eigenvalue weighted by Gasteiger charge is 2.22. The number of aromatic nitrogens is 2. The van der Waals surface area contributed by atoms with E-state index < -0.39 is 0 Å². The van der Waals surface area contributed by atoms with Crippen molar-refractivity contribution in [3.63, 3.8) is 0 Å². The molecule has 1 aliphatic heterocycles. The van der Waals surface area contributed by atoms with Gasteiger partial charge in [-0.15, -0.1) is 0 Å². The monoisotopic (exact) mass is 456 g/mol. The Morgan fingerprint density at radius 1 is 1.23 bits per heavy atom. The van der Waals surface area contributed by atoms with E-state index in [1.165, 1.54) is 16.8 Å². The molecule has 1 aliphatic rings. The van der Waals surface area contributed by atoms with Crippen molar-refractivity contribution in [2.45, 2.75) is 18.1 Å². The van der Waals surface area contributed by atoms with Crippen molar-refractivity contribution in [2.24, 2.45) is 5.10 Å². The zero-order valence-electron chi connectivity index (χ0n) is 17.0. The third-order valence-corrected chi connectivity index (χ3v) is 6.12. The Hall–Kier alpha value is -2.68. The van der Waals surface area contributed by atoms with E-state index in [-0.39, 0.29) is 17.2 Å². The normalized spacial score (nSPS) is 13.6. The van der Waals surface area contributed by atoms with E-state index in [0.29, 0.717) is 47.2 Å². The predicted octanol–water partition coefficient (Wildman–Crippen LogP) is 3.43. The molecule has 4 rings (SSSR count). The van der Waals surface area contributed by atoms with E-state index in [0.717, 1.165) is 11.3 Å². The summed E-state index contributed by atoms with van der Waals surface area (Å²) in [7, 11) is 1.57. The minimum absolute atomic E-state index is 0.122. The second kappa shape index (κ2) is 9.64. The van der Waals surface area contributed by atoms with E-state index in [2.05, 4.69) is 10.1 Å². The first-order valence-electron chi connectivity index (χ1n) is 9.82. The molecule has 0 radical (unpaired) electrons. The van der Waals surface area contributed by atoms with Crippen LogP contribution in [0.3, 0.4) is 0 Å². The van der Waals surface area contributed by atoms with Gasteiger partial charge in [0.2, 0.25) is 0 Å². The van der Waals surface area contributed by atoms with Crippen LogP contribution in [0.2, 0.25) is 5.02 Å². The van der Waals surface area contributed by atoms with E-state index in [9.17, 15) is 9.59 Å². The molecule has 0 fully saturated rings. The Morgan fingerprint density at radius 3 is 2.81 bits per heavy atom. The maximum Gasteiger partial charge on any atom is 0.262 e. The lowest BCUT2D eigenvalue weighted by Crippen LogP contribution is -2.28. The lowest BCUT2D eigenvalue weighted by molar-refractivity contribution is -0.127. The van der Waals surface area contributed by atoms with Gasteiger partial charge in [0.1, 0.15) is 0 Å². The quantitative estimate of drug-likeness (QED) is 0.402. The van der Waals surface area contributed by atoms with Gasteiger partial charge in [-0.2, -0.15) is 5.10 Å². The van der Waals surface area contributed by atoms with Crippen LogP contribution < -0.4 is 5.56 Å². The highest BCUT2D eigenvalue weighted by Crippen LogP contribution is 2.22. The largest absolute Gasteiger partial charge is 0.383 e. The summed E-state index contributed by atoms with van der Waals surface area (Å²) in [5.41, 5.74) is 2.24. The Balaban J connectivity index is 1.54. The topological polar surface area (TPSA) is 76.8 Å². The van der Waals surface area contributed by atoms with E-state index in [4.69, 9.17) is 16.3 Å². The van der Waals surface area contributed by atoms with E-state index in [1.807, 2.05) is 30.3 Å². The van der Waals surface area contributed by atoms with Gasteiger partial charge >= 0.3 is 0 Å². The number of hydrazone groups is 1. The fourth-order valence-electron chi connectivity index (χ4n) is 3.34. The van der Waals surface area contributed by atoms with Gasteiger partial charge in [-0.25, -0.2) is 9.99 Å². The van der Waals surface area contributed by atoms with Crippen LogP contribution in [-0.2, 0) is 16.1 Å². The second-order valence-corrected chi connectivity index (χ2v) is 8.35. The number of amides is 1. The smallest absolute Gasteiger partial charge is 0.262 e. The van der Waals surface area contributed by atoms with Gasteiger partial charge in [0.25, 0.3) is 11.5 Å². The molecule has 0 saturated heterocycles. The molecule has 9 heteroatoms. The minimum Gasteiger partial charge on any atom is -0.383 e. The molecule has 31 heavy (non-hydrogen) atoms. The van der Waals surface area contributed by atoms with Crippen LogP contribution in [-0.4, -0.2) is 52.2 Å². The van der Waals surface area contributed by atoms with Crippen molar-refractivity contribution < 1.29 is 9.53 Å². The molecular weight excluding hydrogens is 436 g/mol. The van der Waals surface area contributed by atoms with Crippen molar-refractivity contribution in [2.75, 3.05) is 26.0 Å². The molecule has 3 aromatic rings. The third-order valence-electron chi connectivity index (χ3n) is 4.92. The van der Waals surface area contributed by atoms with Gasteiger partial charge in [-0.3, -0.25) is 14.2 Å². The molecule has 0 atom stereocenters. The molecule has 0 unspecified atom stereocenters. The number of carbonyl (C=O) groups is 1. The lowest BCUT2D eigenvalue weighted by atomic mass is 10.1. The molecule has 1 aromatic heterocycles. The molecule has 1 amide bonds. The van der Waals surface area contributed by atoms with Gasteiger partial charge < -0.3 is 4.74 Å². The van der Waals surface area contributed by atoms with Gasteiger partial charge in [0, 0.05) is 18.6 Å². The number of thioether (sulfide) groups is 1. The number of carbonyl (C=O) groups excluding carboxylic acids is 1. The van der Waals surface area contributed by atoms with Crippen molar-refractivity contribution in [1.82, 2.24) is 14.6 Å². The number of methoxy groups -OCH3 is 1. The number of fused-ring (bicyclic) bond motifs is 1. The number of halogens is 1. The summed E-state index contributed by atoms with van der Waals surface area (Å²) in [4.78, 5) is 30.3. The summed E-state index contributed by atoms with van der Waals surface area (Å²) >= 11 is 7.29. The van der Waals surface area contributed by atoms with Crippen molar-refractivity contribution in [3.05, 3.63) is 69.5 Å². The van der Waals surface area contributed by atoms with Crippen LogP contribution in [0.4, 0.5) is 0 Å². The Kier molecular flexibility index (Phi) is 6.70. The average molecular weight is 457 g/mol. The number of rotatable bonds is 7. The van der Waals surface area contributed by atoms with Crippen LogP contribution in [0.5, 0.6) is 0 Å². The molecule has 0 saturated carbocycles. The Morgan fingerprint density at radius 2 is 2.03 bits per heavy atom. The van der Waals surface area contributed by atoms with Crippen molar-refractivity contribution >= 4 is 45.9 Å². The highest BCUT2D eigenvalue weighted by molar-refractivity contribution is 7.99. The molecule has 0 N–H and O–H groups in total. The zero-order valence-corrected chi connectivity index (χ0v) is 18.5. The molecule has 0 aliphatic carbocycles. The maximum atomic E-state index is 13.0. The van der Waals surface area contributed by atoms with Crippen molar-refractivity contribution in [3.8, 4) is 0 Å². The standard InChI is InChI=1S/C22H21ClN4O3S/c1-30-12-11-26-21(29)17-8-7-16(23)13-19(17)24-22(26)31-14-20(28)27-10-9-18(25-27)15-5-3-2-4-6-15/h2-8,13H,9-12,14H2,1H3. The van der Waals surface area contributed by atoms with E-state index >= 15 is 0 Å². The zero-order chi connectivity index (χ0) is 21.8. The second-order valence-electron chi connectivity index (χ2n) is 6.97. The maximum absolute atomic E-state index is 13.0. The fraction of sp³-hybridized carbons (Fsp3) is 0.273. The SMILES string of the molecule is COCCn1c(SCC(=O)N2CCC(c3ccccc3)=N2)nc2cc(Cl)ccc2c1=O. The van der Waals surface area contributed by atoms with E-state index in [1.54, 1.807) is 29.9 Å². The fourth-order valence-corrected chi connectivity index (χ4v) is 4.40. The number of nitrogens with zero attached hydrogens (tertiary/aromatic N) is 4. The third kappa shape index (κ3) is 4.81. The summed E-state index contributed by atoms with van der Waals surface area (Å²) in [5.74, 6) is -0.00785. The van der Waals surface area contributed by atoms with Crippen LogP contribution in [0.15, 0.2) is 63.6 Å². The first-order chi connectivity index (χ1) is 15.1. The summed E-state index contributed by atoms with van der Waals surface area (Å²) in [5, 5.41) is 7.41. The van der Waals surface area contributed by atoms with Crippen LogP contribution in [0.25, 0.3) is 10.9 Å². The average Bonchev–Trinajstić information content (AvgIpc) is 3.28. The number of hydrogen-bond acceptors (Lipinski definition) is 6. The van der Waals surface area contributed by atoms with Gasteiger partial charge in [0.05, 0.1) is 42.1 Å². The number of benzene rings is 2. The van der Waals surface area contributed by atoms with Gasteiger partial charge in [-0.1, -0.05) is 53.7 Å². The van der Waals surface area contributed by atoms with Crippen molar-refractivity contribution in [1.29, 1.82) is 0 Å². The number of ether oxygens (including phenoxy) is 1. The highest BCUT2D eigenvalue weighted by atomic mass is 35.5. The first-order valence-corrected chi connectivity index (χ1v) is 11.2.